The first kappa shape index (κ1) is 12.7. The van der Waals surface area contributed by atoms with Crippen molar-refractivity contribution in [3.05, 3.63) is 23.8 Å². The van der Waals surface area contributed by atoms with Gasteiger partial charge in [-0.25, -0.2) is 0 Å². The standard InChI is InChI=1S/C14H20N4/c1-10-8-18(9-11(2)17(10)3)14-6-12(7-15)4-5-13(14)16/h4-6,10-11H,8-9,16H2,1-3H3. The maximum absolute atomic E-state index is 8.98. The minimum atomic E-state index is 0.485. The van der Waals surface area contributed by atoms with Crippen molar-refractivity contribution in [2.24, 2.45) is 0 Å². The molecule has 18 heavy (non-hydrogen) atoms. The normalized spacial score (nSPS) is 24.9. The van der Waals surface area contributed by atoms with Gasteiger partial charge in [-0.3, -0.25) is 4.90 Å². The second-order valence-corrected chi connectivity index (χ2v) is 5.15. The summed E-state index contributed by atoms with van der Waals surface area (Å²) in [6.07, 6.45) is 0. The van der Waals surface area contributed by atoms with E-state index < -0.39 is 0 Å². The van der Waals surface area contributed by atoms with Crippen LogP contribution in [0.3, 0.4) is 0 Å². The molecule has 0 radical (unpaired) electrons. The second kappa shape index (κ2) is 4.87. The highest BCUT2D eigenvalue weighted by molar-refractivity contribution is 5.70. The molecule has 96 valence electrons. The van der Waals surface area contributed by atoms with Crippen molar-refractivity contribution in [3.63, 3.8) is 0 Å². The van der Waals surface area contributed by atoms with Crippen LogP contribution in [-0.2, 0) is 0 Å². The maximum atomic E-state index is 8.98. The number of likely N-dealkylation sites (N-methyl/N-ethyl adjacent to an activating group) is 1. The van der Waals surface area contributed by atoms with Crippen molar-refractivity contribution in [1.29, 1.82) is 5.26 Å². The molecule has 0 bridgehead atoms. The minimum absolute atomic E-state index is 0.485. The van der Waals surface area contributed by atoms with Crippen molar-refractivity contribution in [2.75, 3.05) is 30.8 Å². The van der Waals surface area contributed by atoms with Crippen molar-refractivity contribution in [2.45, 2.75) is 25.9 Å². The van der Waals surface area contributed by atoms with E-state index in [9.17, 15) is 0 Å². The number of anilines is 2. The van der Waals surface area contributed by atoms with Gasteiger partial charge in [0.15, 0.2) is 0 Å². The number of nitrogens with two attached hydrogens (primary N) is 1. The van der Waals surface area contributed by atoms with E-state index in [2.05, 4.69) is 36.8 Å². The van der Waals surface area contributed by atoms with E-state index >= 15 is 0 Å². The van der Waals surface area contributed by atoms with Gasteiger partial charge in [-0.05, 0) is 39.1 Å². The van der Waals surface area contributed by atoms with Crippen molar-refractivity contribution in [3.8, 4) is 6.07 Å². The molecule has 2 atom stereocenters. The Labute approximate surface area is 109 Å². The molecule has 4 nitrogen and oxygen atoms in total. The lowest BCUT2D eigenvalue weighted by molar-refractivity contribution is 0.170. The topological polar surface area (TPSA) is 56.3 Å². The van der Waals surface area contributed by atoms with E-state index in [-0.39, 0.29) is 0 Å². The van der Waals surface area contributed by atoms with Crippen LogP contribution in [0.25, 0.3) is 0 Å². The highest BCUT2D eigenvalue weighted by Crippen LogP contribution is 2.28. The van der Waals surface area contributed by atoms with Crippen molar-refractivity contribution in [1.82, 2.24) is 4.90 Å². The number of hydrogen-bond donors (Lipinski definition) is 1. The Kier molecular flexibility index (Phi) is 3.44. The Hall–Kier alpha value is -1.73. The monoisotopic (exact) mass is 244 g/mol. The van der Waals surface area contributed by atoms with Crippen LogP contribution in [0.2, 0.25) is 0 Å². The Morgan fingerprint density at radius 2 is 1.89 bits per heavy atom. The first-order valence-corrected chi connectivity index (χ1v) is 6.29. The summed E-state index contributed by atoms with van der Waals surface area (Å²) in [5.74, 6) is 0. The van der Waals surface area contributed by atoms with E-state index in [1.165, 1.54) is 0 Å². The third-order valence-electron chi connectivity index (χ3n) is 3.86. The summed E-state index contributed by atoms with van der Waals surface area (Å²) in [5.41, 5.74) is 8.44. The van der Waals surface area contributed by atoms with Crippen LogP contribution in [-0.4, -0.2) is 37.1 Å². The number of piperazine rings is 1. The summed E-state index contributed by atoms with van der Waals surface area (Å²) in [6, 6.07) is 8.62. The molecule has 2 rings (SSSR count). The average Bonchev–Trinajstić information content (AvgIpc) is 2.36. The molecule has 1 heterocycles. The number of benzene rings is 1. The fourth-order valence-electron chi connectivity index (χ4n) is 2.49. The first-order valence-electron chi connectivity index (χ1n) is 6.29. The van der Waals surface area contributed by atoms with Gasteiger partial charge in [-0.1, -0.05) is 0 Å². The number of nitriles is 1. The highest BCUT2D eigenvalue weighted by Gasteiger charge is 2.27. The van der Waals surface area contributed by atoms with E-state index in [1.54, 1.807) is 6.07 Å². The van der Waals surface area contributed by atoms with Crippen molar-refractivity contribution >= 4 is 11.4 Å². The van der Waals surface area contributed by atoms with Crippen LogP contribution in [0.1, 0.15) is 19.4 Å². The zero-order valence-corrected chi connectivity index (χ0v) is 11.2. The van der Waals surface area contributed by atoms with Crippen LogP contribution in [0, 0.1) is 11.3 Å². The molecule has 4 heteroatoms. The SMILES string of the molecule is CC1CN(c2cc(C#N)ccc2N)CC(C)N1C. The summed E-state index contributed by atoms with van der Waals surface area (Å²) in [6.45, 7) is 6.32. The average molecular weight is 244 g/mol. The van der Waals surface area contributed by atoms with Gasteiger partial charge >= 0.3 is 0 Å². The molecule has 1 saturated heterocycles. The lowest BCUT2D eigenvalue weighted by Gasteiger charge is -2.43. The molecule has 2 unspecified atom stereocenters. The van der Waals surface area contributed by atoms with Gasteiger partial charge in [0.25, 0.3) is 0 Å². The Morgan fingerprint density at radius 1 is 1.28 bits per heavy atom. The number of rotatable bonds is 1. The molecular weight excluding hydrogens is 224 g/mol. The zero-order valence-electron chi connectivity index (χ0n) is 11.2. The first-order chi connectivity index (χ1) is 8.52. The minimum Gasteiger partial charge on any atom is -0.397 e. The van der Waals surface area contributed by atoms with E-state index in [1.807, 2.05) is 12.1 Å². The van der Waals surface area contributed by atoms with Crippen LogP contribution >= 0.6 is 0 Å². The molecule has 1 aliphatic heterocycles. The highest BCUT2D eigenvalue weighted by atomic mass is 15.3. The zero-order chi connectivity index (χ0) is 13.3. The third kappa shape index (κ3) is 2.27. The Balaban J connectivity index is 2.29. The molecule has 1 aromatic rings. The van der Waals surface area contributed by atoms with Crippen LogP contribution in [0.4, 0.5) is 11.4 Å². The summed E-state index contributed by atoms with van der Waals surface area (Å²) < 4.78 is 0. The molecule has 1 fully saturated rings. The van der Waals surface area contributed by atoms with Crippen molar-refractivity contribution < 1.29 is 0 Å². The van der Waals surface area contributed by atoms with Gasteiger partial charge in [-0.15, -0.1) is 0 Å². The number of nitrogens with zero attached hydrogens (tertiary/aromatic N) is 3. The van der Waals surface area contributed by atoms with E-state index in [0.717, 1.165) is 24.5 Å². The van der Waals surface area contributed by atoms with Gasteiger partial charge in [0.05, 0.1) is 23.0 Å². The molecular formula is C14H20N4. The second-order valence-electron chi connectivity index (χ2n) is 5.15. The molecule has 0 saturated carbocycles. The molecule has 2 N–H and O–H groups in total. The Morgan fingerprint density at radius 3 is 2.44 bits per heavy atom. The number of nitrogen functional groups attached to an aromatic ring is 1. The molecule has 0 aliphatic carbocycles. The van der Waals surface area contributed by atoms with Gasteiger partial charge < -0.3 is 10.6 Å². The largest absolute Gasteiger partial charge is 0.397 e. The van der Waals surface area contributed by atoms with Gasteiger partial charge in [-0.2, -0.15) is 5.26 Å². The fourth-order valence-corrected chi connectivity index (χ4v) is 2.49. The predicted octanol–water partition coefficient (Wildman–Crippen LogP) is 1.67. The van der Waals surface area contributed by atoms with Crippen LogP contribution < -0.4 is 10.6 Å². The predicted molar refractivity (Wildman–Crippen MR) is 74.5 cm³/mol. The van der Waals surface area contributed by atoms with Gasteiger partial charge in [0.1, 0.15) is 0 Å². The summed E-state index contributed by atoms with van der Waals surface area (Å²) >= 11 is 0. The summed E-state index contributed by atoms with van der Waals surface area (Å²) in [4.78, 5) is 4.66. The molecule has 0 amide bonds. The smallest absolute Gasteiger partial charge is 0.0992 e. The summed E-state index contributed by atoms with van der Waals surface area (Å²) in [7, 11) is 2.15. The lowest BCUT2D eigenvalue weighted by Crippen LogP contribution is -2.55. The maximum Gasteiger partial charge on any atom is 0.0992 e. The molecule has 1 aliphatic rings. The third-order valence-corrected chi connectivity index (χ3v) is 3.86. The quantitative estimate of drug-likeness (QED) is 0.763. The fraction of sp³-hybridized carbons (Fsp3) is 0.500. The van der Waals surface area contributed by atoms with E-state index in [4.69, 9.17) is 11.0 Å². The van der Waals surface area contributed by atoms with E-state index in [0.29, 0.717) is 17.6 Å². The van der Waals surface area contributed by atoms with Gasteiger partial charge in [0.2, 0.25) is 0 Å². The lowest BCUT2D eigenvalue weighted by atomic mass is 10.1. The number of hydrogen-bond acceptors (Lipinski definition) is 4. The van der Waals surface area contributed by atoms with Crippen LogP contribution in [0.15, 0.2) is 18.2 Å². The van der Waals surface area contributed by atoms with Crippen LogP contribution in [0.5, 0.6) is 0 Å². The summed E-state index contributed by atoms with van der Waals surface area (Å²) in [5, 5.41) is 8.98. The molecule has 0 spiro atoms. The van der Waals surface area contributed by atoms with Gasteiger partial charge in [0, 0.05) is 25.2 Å². The molecule has 1 aromatic carbocycles. The molecule has 0 aromatic heterocycles. The Bertz CT molecular complexity index is 465.